The van der Waals surface area contributed by atoms with Gasteiger partial charge in [0.25, 0.3) is 0 Å². The van der Waals surface area contributed by atoms with E-state index in [-0.39, 0.29) is 5.92 Å². The van der Waals surface area contributed by atoms with E-state index in [0.29, 0.717) is 0 Å². The molecular weight excluding hydrogens is 168 g/mol. The van der Waals surface area contributed by atoms with E-state index in [9.17, 15) is 9.90 Å². The molecule has 0 heterocycles. The molecule has 1 rings (SSSR count). The topological polar surface area (TPSA) is 57.5 Å². The number of aliphatic carboxylic acids is 1. The van der Waals surface area contributed by atoms with E-state index in [1.54, 1.807) is 19.1 Å². The van der Waals surface area contributed by atoms with Crippen LogP contribution in [0.15, 0.2) is 30.3 Å². The maximum atomic E-state index is 10.5. The lowest BCUT2D eigenvalue weighted by Gasteiger charge is -2.14. The van der Waals surface area contributed by atoms with Gasteiger partial charge >= 0.3 is 5.97 Å². The summed E-state index contributed by atoms with van der Waals surface area (Å²) in [6.45, 7) is 1.69. The first-order valence-electron chi connectivity index (χ1n) is 4.08. The van der Waals surface area contributed by atoms with Gasteiger partial charge in [-0.25, -0.2) is 4.79 Å². The summed E-state index contributed by atoms with van der Waals surface area (Å²) < 4.78 is 0. The Morgan fingerprint density at radius 2 is 1.85 bits per heavy atom. The van der Waals surface area contributed by atoms with Gasteiger partial charge in [-0.15, -0.1) is 0 Å². The summed E-state index contributed by atoms with van der Waals surface area (Å²) in [5.41, 5.74) is 0.831. The Bertz CT molecular complexity index is 281. The lowest BCUT2D eigenvalue weighted by Crippen LogP contribution is -2.25. The zero-order valence-corrected chi connectivity index (χ0v) is 7.34. The lowest BCUT2D eigenvalue weighted by molar-refractivity contribution is -0.147. The van der Waals surface area contributed by atoms with Gasteiger partial charge in [0.05, 0.1) is 0 Å². The fourth-order valence-electron chi connectivity index (χ4n) is 1.15. The molecule has 1 unspecified atom stereocenters. The van der Waals surface area contributed by atoms with Crippen LogP contribution in [0.1, 0.15) is 18.4 Å². The number of carboxylic acid groups (broad SMARTS) is 1. The van der Waals surface area contributed by atoms with Crippen LogP contribution in [-0.2, 0) is 4.79 Å². The van der Waals surface area contributed by atoms with Crippen LogP contribution in [0.3, 0.4) is 0 Å². The molecule has 0 amide bonds. The van der Waals surface area contributed by atoms with E-state index < -0.39 is 12.1 Å². The molecule has 3 nitrogen and oxygen atoms in total. The Hall–Kier alpha value is -1.35. The van der Waals surface area contributed by atoms with Crippen molar-refractivity contribution in [2.75, 3.05) is 0 Å². The maximum absolute atomic E-state index is 10.5. The molecule has 0 aliphatic carbocycles. The molecule has 0 aromatic heterocycles. The van der Waals surface area contributed by atoms with E-state index in [1.165, 1.54) is 0 Å². The Morgan fingerprint density at radius 3 is 2.31 bits per heavy atom. The highest BCUT2D eigenvalue weighted by molar-refractivity contribution is 5.73. The second-order valence-corrected chi connectivity index (χ2v) is 2.98. The van der Waals surface area contributed by atoms with Crippen LogP contribution < -0.4 is 0 Å². The van der Waals surface area contributed by atoms with Crippen LogP contribution in [0.4, 0.5) is 0 Å². The first-order valence-corrected chi connectivity index (χ1v) is 4.08. The average Bonchev–Trinajstić information content (AvgIpc) is 2.17. The predicted octanol–water partition coefficient (Wildman–Crippen LogP) is 1.24. The van der Waals surface area contributed by atoms with E-state index in [2.05, 4.69) is 0 Å². The van der Waals surface area contributed by atoms with Crippen molar-refractivity contribution in [3.63, 3.8) is 0 Å². The number of carbonyl (C=O) groups is 1. The Balaban J connectivity index is 2.79. The van der Waals surface area contributed by atoms with Crippen molar-refractivity contribution in [3.05, 3.63) is 35.9 Å². The van der Waals surface area contributed by atoms with Crippen molar-refractivity contribution in [1.29, 1.82) is 0 Å². The summed E-state index contributed by atoms with van der Waals surface area (Å²) in [6, 6.07) is 9.10. The molecule has 70 valence electrons. The SMILES string of the molecule is CC(c1ccccc1)[C@H](O)C(=O)O. The molecule has 0 aliphatic rings. The number of benzene rings is 1. The van der Waals surface area contributed by atoms with Crippen molar-refractivity contribution in [2.24, 2.45) is 0 Å². The molecule has 3 heteroatoms. The van der Waals surface area contributed by atoms with Crippen molar-refractivity contribution in [3.8, 4) is 0 Å². The van der Waals surface area contributed by atoms with Gasteiger partial charge in [0, 0.05) is 5.92 Å². The number of carboxylic acids is 1. The van der Waals surface area contributed by atoms with Crippen LogP contribution >= 0.6 is 0 Å². The molecular formula is C10H12O3. The normalized spacial score (nSPS) is 14.9. The molecule has 0 saturated heterocycles. The molecule has 1 aromatic carbocycles. The number of hydrogen-bond acceptors (Lipinski definition) is 2. The first kappa shape index (κ1) is 9.74. The zero-order valence-electron chi connectivity index (χ0n) is 7.34. The third-order valence-corrected chi connectivity index (χ3v) is 2.05. The molecule has 2 atom stereocenters. The Kier molecular flexibility index (Phi) is 3.03. The largest absolute Gasteiger partial charge is 0.479 e. The summed E-state index contributed by atoms with van der Waals surface area (Å²) in [5.74, 6) is -1.56. The molecule has 1 aromatic rings. The summed E-state index contributed by atoms with van der Waals surface area (Å²) in [7, 11) is 0. The lowest BCUT2D eigenvalue weighted by atomic mass is 9.96. The minimum atomic E-state index is -1.33. The van der Waals surface area contributed by atoms with Crippen LogP contribution in [0.5, 0.6) is 0 Å². The highest BCUT2D eigenvalue weighted by atomic mass is 16.4. The minimum Gasteiger partial charge on any atom is -0.479 e. The van der Waals surface area contributed by atoms with E-state index in [4.69, 9.17) is 5.11 Å². The third kappa shape index (κ3) is 2.29. The summed E-state index contributed by atoms with van der Waals surface area (Å²) in [4.78, 5) is 10.5. The van der Waals surface area contributed by atoms with Gasteiger partial charge in [0.1, 0.15) is 0 Å². The Morgan fingerprint density at radius 1 is 1.31 bits per heavy atom. The van der Waals surface area contributed by atoms with Crippen molar-refractivity contribution in [1.82, 2.24) is 0 Å². The van der Waals surface area contributed by atoms with Gasteiger partial charge in [-0.2, -0.15) is 0 Å². The molecule has 2 N–H and O–H groups in total. The smallest absolute Gasteiger partial charge is 0.333 e. The quantitative estimate of drug-likeness (QED) is 0.735. The van der Waals surface area contributed by atoms with Crippen LogP contribution in [-0.4, -0.2) is 22.3 Å². The number of rotatable bonds is 3. The summed E-state index contributed by atoms with van der Waals surface area (Å²) >= 11 is 0. The molecule has 0 aliphatic heterocycles. The fraction of sp³-hybridized carbons (Fsp3) is 0.300. The second kappa shape index (κ2) is 4.05. The van der Waals surface area contributed by atoms with Gasteiger partial charge in [-0.3, -0.25) is 0 Å². The number of aliphatic hydroxyl groups is 1. The number of aliphatic hydroxyl groups excluding tert-OH is 1. The minimum absolute atomic E-state index is 0.376. The Labute approximate surface area is 76.6 Å². The van der Waals surface area contributed by atoms with Crippen molar-refractivity contribution < 1.29 is 15.0 Å². The van der Waals surface area contributed by atoms with E-state index >= 15 is 0 Å². The molecule has 0 saturated carbocycles. The summed E-state index contributed by atoms with van der Waals surface area (Å²) in [5, 5.41) is 17.8. The predicted molar refractivity (Wildman–Crippen MR) is 48.5 cm³/mol. The van der Waals surface area contributed by atoms with Crippen molar-refractivity contribution in [2.45, 2.75) is 18.9 Å². The van der Waals surface area contributed by atoms with Crippen molar-refractivity contribution >= 4 is 5.97 Å². The standard InChI is InChI=1S/C10H12O3/c1-7(9(11)10(12)13)8-5-3-2-4-6-8/h2-7,9,11H,1H3,(H,12,13)/t7?,9-/m0/s1. The fourth-order valence-corrected chi connectivity index (χ4v) is 1.15. The van der Waals surface area contributed by atoms with E-state index in [0.717, 1.165) is 5.56 Å². The monoisotopic (exact) mass is 180 g/mol. The average molecular weight is 180 g/mol. The molecule has 0 fully saturated rings. The second-order valence-electron chi connectivity index (χ2n) is 2.98. The molecule has 0 bridgehead atoms. The number of hydrogen-bond donors (Lipinski definition) is 2. The third-order valence-electron chi connectivity index (χ3n) is 2.05. The molecule has 0 spiro atoms. The van der Waals surface area contributed by atoms with E-state index in [1.807, 2.05) is 18.2 Å². The van der Waals surface area contributed by atoms with Gasteiger partial charge < -0.3 is 10.2 Å². The van der Waals surface area contributed by atoms with Gasteiger partial charge in [0.15, 0.2) is 6.10 Å². The van der Waals surface area contributed by atoms with Crippen LogP contribution in [0.25, 0.3) is 0 Å². The molecule has 13 heavy (non-hydrogen) atoms. The van der Waals surface area contributed by atoms with Gasteiger partial charge in [0.2, 0.25) is 0 Å². The highest BCUT2D eigenvalue weighted by Crippen LogP contribution is 2.18. The maximum Gasteiger partial charge on any atom is 0.333 e. The van der Waals surface area contributed by atoms with Gasteiger partial charge in [-0.05, 0) is 5.56 Å². The van der Waals surface area contributed by atoms with Gasteiger partial charge in [-0.1, -0.05) is 37.3 Å². The summed E-state index contributed by atoms with van der Waals surface area (Å²) in [6.07, 6.45) is -1.33. The molecule has 0 radical (unpaired) electrons. The first-order chi connectivity index (χ1) is 6.13. The zero-order chi connectivity index (χ0) is 9.84. The van der Waals surface area contributed by atoms with Crippen LogP contribution in [0.2, 0.25) is 0 Å². The highest BCUT2D eigenvalue weighted by Gasteiger charge is 2.22. The van der Waals surface area contributed by atoms with Crippen LogP contribution in [0, 0.1) is 0 Å².